The van der Waals surface area contributed by atoms with E-state index in [1.807, 2.05) is 24.3 Å². The Morgan fingerprint density at radius 1 is 1.15 bits per heavy atom. The lowest BCUT2D eigenvalue weighted by Crippen LogP contribution is -2.19. The van der Waals surface area contributed by atoms with Crippen LogP contribution >= 0.6 is 11.3 Å². The number of nitrogens with zero attached hydrogens (tertiary/aromatic N) is 1. The zero-order valence-corrected chi connectivity index (χ0v) is 15.9. The molecule has 6 nitrogen and oxygen atoms in total. The Kier molecular flexibility index (Phi) is 5.65. The van der Waals surface area contributed by atoms with Gasteiger partial charge in [0.05, 0.1) is 20.1 Å². The van der Waals surface area contributed by atoms with Gasteiger partial charge in [0.1, 0.15) is 0 Å². The van der Waals surface area contributed by atoms with Crippen molar-refractivity contribution in [3.63, 3.8) is 0 Å². The molecule has 8 heteroatoms. The van der Waals surface area contributed by atoms with E-state index in [4.69, 9.17) is 0 Å². The van der Waals surface area contributed by atoms with Crippen LogP contribution in [0, 0.1) is 0 Å². The maximum absolute atomic E-state index is 12.1. The predicted octanol–water partition coefficient (Wildman–Crippen LogP) is 3.17. The Balaban J connectivity index is 1.55. The Morgan fingerprint density at radius 3 is 2.73 bits per heavy atom. The van der Waals surface area contributed by atoms with Crippen LogP contribution in [0.4, 0.5) is 5.69 Å². The van der Waals surface area contributed by atoms with E-state index in [0.29, 0.717) is 18.5 Å². The highest BCUT2D eigenvalue weighted by Crippen LogP contribution is 2.23. The summed E-state index contributed by atoms with van der Waals surface area (Å²) in [7, 11) is -2.18. The lowest BCUT2D eigenvalue weighted by Gasteiger charge is -2.07. The van der Waals surface area contributed by atoms with E-state index < -0.39 is 10.0 Å². The van der Waals surface area contributed by atoms with E-state index in [9.17, 15) is 13.2 Å². The molecule has 26 heavy (non-hydrogen) atoms. The quantitative estimate of drug-likeness (QED) is 0.650. The SMILES string of the molecule is CNS(=O)(=O)c1cccc(NC(=O)CCCc2nc3ccccc3s2)c1. The fourth-order valence-corrected chi connectivity index (χ4v) is 4.29. The fraction of sp³-hybridized carbons (Fsp3) is 0.222. The number of fused-ring (bicyclic) bond motifs is 1. The normalized spacial score (nSPS) is 11.6. The molecule has 0 aliphatic rings. The van der Waals surface area contributed by atoms with Crippen LogP contribution in [-0.4, -0.2) is 26.4 Å². The van der Waals surface area contributed by atoms with Crippen LogP contribution in [0.1, 0.15) is 17.8 Å². The van der Waals surface area contributed by atoms with Crippen molar-refractivity contribution in [3.05, 3.63) is 53.5 Å². The summed E-state index contributed by atoms with van der Waals surface area (Å²) in [5.41, 5.74) is 1.45. The minimum Gasteiger partial charge on any atom is -0.326 e. The van der Waals surface area contributed by atoms with Crippen molar-refractivity contribution in [2.24, 2.45) is 0 Å². The number of hydrogen-bond donors (Lipinski definition) is 2. The summed E-state index contributed by atoms with van der Waals surface area (Å²) in [6.45, 7) is 0. The number of hydrogen-bond acceptors (Lipinski definition) is 5. The number of nitrogens with one attached hydrogen (secondary N) is 2. The number of aryl methyl sites for hydroxylation is 1. The average molecular weight is 390 g/mol. The number of aromatic nitrogens is 1. The van der Waals surface area contributed by atoms with Gasteiger partial charge in [-0.15, -0.1) is 11.3 Å². The van der Waals surface area contributed by atoms with Crippen molar-refractivity contribution >= 4 is 43.2 Å². The van der Waals surface area contributed by atoms with Crippen molar-refractivity contribution in [3.8, 4) is 0 Å². The van der Waals surface area contributed by atoms with Crippen LogP contribution in [0.15, 0.2) is 53.4 Å². The van der Waals surface area contributed by atoms with E-state index in [-0.39, 0.29) is 10.8 Å². The summed E-state index contributed by atoms with van der Waals surface area (Å²) >= 11 is 1.64. The van der Waals surface area contributed by atoms with E-state index in [1.165, 1.54) is 19.2 Å². The van der Waals surface area contributed by atoms with Crippen molar-refractivity contribution in [1.82, 2.24) is 9.71 Å². The van der Waals surface area contributed by atoms with Crippen LogP contribution in [0.2, 0.25) is 0 Å². The zero-order chi connectivity index (χ0) is 18.6. The van der Waals surface area contributed by atoms with Crippen LogP contribution < -0.4 is 10.0 Å². The van der Waals surface area contributed by atoms with Crippen LogP contribution in [0.5, 0.6) is 0 Å². The minimum atomic E-state index is -3.53. The van der Waals surface area contributed by atoms with Gasteiger partial charge in [-0.05, 0) is 50.2 Å². The molecular weight excluding hydrogens is 370 g/mol. The van der Waals surface area contributed by atoms with Gasteiger partial charge in [-0.3, -0.25) is 4.79 Å². The number of thiazole rings is 1. The monoisotopic (exact) mass is 389 g/mol. The zero-order valence-electron chi connectivity index (χ0n) is 14.2. The van der Waals surface area contributed by atoms with Gasteiger partial charge < -0.3 is 5.32 Å². The summed E-state index contributed by atoms with van der Waals surface area (Å²) in [4.78, 5) is 16.8. The molecule has 0 aliphatic carbocycles. The lowest BCUT2D eigenvalue weighted by atomic mass is 10.2. The summed E-state index contributed by atoms with van der Waals surface area (Å²) in [5.74, 6) is -0.148. The first-order valence-corrected chi connectivity index (χ1v) is 10.5. The van der Waals surface area contributed by atoms with E-state index in [1.54, 1.807) is 23.5 Å². The fourth-order valence-electron chi connectivity index (χ4n) is 2.51. The van der Waals surface area contributed by atoms with E-state index in [0.717, 1.165) is 21.6 Å². The van der Waals surface area contributed by atoms with Gasteiger partial charge in [-0.25, -0.2) is 18.1 Å². The van der Waals surface area contributed by atoms with Gasteiger partial charge in [0, 0.05) is 12.1 Å². The molecule has 0 bridgehead atoms. The van der Waals surface area contributed by atoms with E-state index >= 15 is 0 Å². The molecule has 3 aromatic rings. The third kappa shape index (κ3) is 4.46. The average Bonchev–Trinajstić information content (AvgIpc) is 3.04. The second-order valence-corrected chi connectivity index (χ2v) is 8.71. The molecule has 0 radical (unpaired) electrons. The first kappa shape index (κ1) is 18.5. The third-order valence-corrected chi connectivity index (χ3v) is 6.34. The minimum absolute atomic E-state index is 0.118. The number of rotatable bonds is 7. The number of carbonyl (C=O) groups is 1. The van der Waals surface area contributed by atoms with E-state index in [2.05, 4.69) is 15.0 Å². The topological polar surface area (TPSA) is 88.2 Å². The molecule has 0 atom stereocenters. The van der Waals surface area contributed by atoms with Gasteiger partial charge in [-0.2, -0.15) is 0 Å². The van der Waals surface area contributed by atoms with Crippen molar-refractivity contribution in [2.75, 3.05) is 12.4 Å². The first-order chi connectivity index (χ1) is 12.5. The highest BCUT2D eigenvalue weighted by Gasteiger charge is 2.12. The highest BCUT2D eigenvalue weighted by molar-refractivity contribution is 7.89. The summed E-state index contributed by atoms with van der Waals surface area (Å²) in [6.07, 6.45) is 1.76. The first-order valence-electron chi connectivity index (χ1n) is 8.16. The van der Waals surface area contributed by atoms with Crippen molar-refractivity contribution in [2.45, 2.75) is 24.2 Å². The van der Waals surface area contributed by atoms with Crippen LogP contribution in [-0.2, 0) is 21.2 Å². The Bertz CT molecular complexity index is 996. The molecule has 1 heterocycles. The highest BCUT2D eigenvalue weighted by atomic mass is 32.2. The molecular formula is C18H19N3O3S2. The van der Waals surface area contributed by atoms with Gasteiger partial charge in [0.2, 0.25) is 15.9 Å². The summed E-state index contributed by atoms with van der Waals surface area (Å²) < 4.78 is 27.0. The molecule has 2 N–H and O–H groups in total. The Morgan fingerprint density at radius 2 is 1.96 bits per heavy atom. The Hall–Kier alpha value is -2.29. The number of benzene rings is 2. The molecule has 1 aromatic heterocycles. The predicted molar refractivity (Wildman–Crippen MR) is 104 cm³/mol. The second kappa shape index (κ2) is 7.94. The Labute approximate surface area is 156 Å². The van der Waals surface area contributed by atoms with Crippen molar-refractivity contribution < 1.29 is 13.2 Å². The molecule has 1 amide bonds. The maximum Gasteiger partial charge on any atom is 0.240 e. The standard InChI is InChI=1S/C18H19N3O3S2/c1-19-26(23,24)14-7-4-6-13(12-14)20-17(22)10-5-11-18-21-15-8-2-3-9-16(15)25-18/h2-4,6-9,12,19H,5,10-11H2,1H3,(H,20,22). The molecule has 136 valence electrons. The molecule has 0 spiro atoms. The second-order valence-electron chi connectivity index (χ2n) is 5.71. The van der Waals surface area contributed by atoms with Gasteiger partial charge in [0.15, 0.2) is 0 Å². The molecule has 0 fully saturated rings. The van der Waals surface area contributed by atoms with Crippen LogP contribution in [0.25, 0.3) is 10.2 Å². The van der Waals surface area contributed by atoms with Gasteiger partial charge >= 0.3 is 0 Å². The van der Waals surface area contributed by atoms with Gasteiger partial charge in [-0.1, -0.05) is 18.2 Å². The summed E-state index contributed by atoms with van der Waals surface area (Å²) in [6, 6.07) is 14.2. The van der Waals surface area contributed by atoms with Crippen LogP contribution in [0.3, 0.4) is 0 Å². The number of amides is 1. The largest absolute Gasteiger partial charge is 0.326 e. The molecule has 0 saturated carbocycles. The maximum atomic E-state index is 12.1. The summed E-state index contributed by atoms with van der Waals surface area (Å²) in [5, 5.41) is 3.76. The smallest absolute Gasteiger partial charge is 0.240 e. The number of carbonyl (C=O) groups excluding carboxylic acids is 1. The number of anilines is 1. The molecule has 0 unspecified atom stereocenters. The number of sulfonamides is 1. The molecule has 3 rings (SSSR count). The van der Waals surface area contributed by atoms with Crippen molar-refractivity contribution in [1.29, 1.82) is 0 Å². The number of para-hydroxylation sites is 1. The molecule has 2 aromatic carbocycles. The molecule has 0 aliphatic heterocycles. The molecule has 0 saturated heterocycles. The third-order valence-electron chi connectivity index (χ3n) is 3.83. The van der Waals surface area contributed by atoms with Gasteiger partial charge in [0.25, 0.3) is 0 Å². The lowest BCUT2D eigenvalue weighted by molar-refractivity contribution is -0.116.